The fraction of sp³-hybridized carbons (Fsp3) is 0.308. The first-order valence-corrected chi connectivity index (χ1v) is 17.0. The molecular formula is C39H46N4O4. The van der Waals surface area contributed by atoms with E-state index in [1.807, 2.05) is 142 Å². The number of oxazole rings is 2. The van der Waals surface area contributed by atoms with Crippen LogP contribution in [0.2, 0.25) is 0 Å². The SMILES string of the molecule is C1=CC2=C3CC(=C1)N=C(O3)c1cccc3oc(nc13)-c1cccc3nc(oc13)-c1cccc3c1NC2O3.CC.CC.CC.CC.CC. The molecular weight excluding hydrogens is 588 g/mol. The van der Waals surface area contributed by atoms with Crippen molar-refractivity contribution in [2.24, 2.45) is 4.99 Å². The number of hydrogen-bond acceptors (Lipinski definition) is 8. The van der Waals surface area contributed by atoms with Crippen molar-refractivity contribution in [3.05, 3.63) is 95.4 Å². The fourth-order valence-corrected chi connectivity index (χ4v) is 5.33. The molecule has 0 saturated carbocycles. The number of aliphatic imine (C=N–C) groups is 1. The lowest BCUT2D eigenvalue weighted by molar-refractivity contribution is 0.279. The Labute approximate surface area is 277 Å². The topological polar surface area (TPSA) is 94.9 Å². The van der Waals surface area contributed by atoms with Crippen molar-refractivity contribution in [3.63, 3.8) is 0 Å². The minimum atomic E-state index is -0.447. The van der Waals surface area contributed by atoms with Gasteiger partial charge in [0.25, 0.3) is 0 Å². The third-order valence-electron chi connectivity index (χ3n) is 7.05. The van der Waals surface area contributed by atoms with Gasteiger partial charge in [-0.1, -0.05) is 93.5 Å². The second-order valence-corrected chi connectivity index (χ2v) is 9.26. The van der Waals surface area contributed by atoms with Crippen LogP contribution in [0.15, 0.2) is 104 Å². The number of nitrogens with zero attached hydrogens (tertiary/aromatic N) is 3. The van der Waals surface area contributed by atoms with Gasteiger partial charge in [0.2, 0.25) is 17.7 Å². The van der Waals surface area contributed by atoms with E-state index in [0.717, 1.165) is 45.2 Å². The van der Waals surface area contributed by atoms with Crippen LogP contribution in [0.1, 0.15) is 81.2 Å². The Morgan fingerprint density at radius 3 is 2.19 bits per heavy atom. The first kappa shape index (κ1) is 34.8. The van der Waals surface area contributed by atoms with E-state index >= 15 is 0 Å². The van der Waals surface area contributed by atoms with Crippen LogP contribution in [-0.2, 0) is 4.74 Å². The fourth-order valence-electron chi connectivity index (χ4n) is 5.33. The number of aromatic nitrogens is 2. The largest absolute Gasteiger partial charge is 0.464 e. The molecule has 1 aliphatic carbocycles. The molecule has 2 aromatic heterocycles. The molecule has 1 N–H and O–H groups in total. The highest BCUT2D eigenvalue weighted by Gasteiger charge is 2.33. The molecule has 9 rings (SSSR count). The number of fused-ring (bicyclic) bond motifs is 9. The van der Waals surface area contributed by atoms with Crippen LogP contribution in [0, 0.1) is 0 Å². The maximum atomic E-state index is 6.46. The smallest absolute Gasteiger partial charge is 0.231 e. The molecule has 47 heavy (non-hydrogen) atoms. The number of anilines is 1. The normalized spacial score (nSPS) is 15.3. The van der Waals surface area contributed by atoms with Gasteiger partial charge in [0, 0.05) is 6.42 Å². The summed E-state index contributed by atoms with van der Waals surface area (Å²) in [5.74, 6) is 2.90. The van der Waals surface area contributed by atoms with Crippen molar-refractivity contribution in [1.29, 1.82) is 0 Å². The van der Waals surface area contributed by atoms with Crippen molar-refractivity contribution in [1.82, 2.24) is 9.97 Å². The van der Waals surface area contributed by atoms with Gasteiger partial charge in [-0.3, -0.25) is 0 Å². The zero-order chi connectivity index (χ0) is 34.1. The van der Waals surface area contributed by atoms with Crippen LogP contribution in [0.3, 0.4) is 0 Å². The molecule has 1 unspecified atom stereocenters. The monoisotopic (exact) mass is 634 g/mol. The van der Waals surface area contributed by atoms with Crippen LogP contribution >= 0.6 is 0 Å². The first-order chi connectivity index (χ1) is 23.3. The van der Waals surface area contributed by atoms with Gasteiger partial charge in [0.1, 0.15) is 22.5 Å². The summed E-state index contributed by atoms with van der Waals surface area (Å²) in [5, 5.41) is 3.54. The Kier molecular flexibility index (Phi) is 11.8. The number of nitrogens with one attached hydrogen (secondary N) is 1. The Morgan fingerprint density at radius 1 is 0.723 bits per heavy atom. The van der Waals surface area contributed by atoms with Gasteiger partial charge in [0.15, 0.2) is 17.4 Å². The standard InChI is InChI=1S/C29H16N4O4.5C2H6/c1-5-14-13-22-15(6-1)26-32-24-17(8-4-11-20(24)34-26)28-31-19-10-2-9-18(25(19)37-28)29-33-23-16(27(30-14)36-22)7-3-12-21(23)35-29;5*1-2/h1-12,26,32H,13H2;5*1-2H3. The van der Waals surface area contributed by atoms with E-state index in [-0.39, 0.29) is 0 Å². The number of benzene rings is 3. The molecule has 3 aromatic carbocycles. The highest BCUT2D eigenvalue weighted by molar-refractivity contribution is 6.06. The van der Waals surface area contributed by atoms with E-state index < -0.39 is 6.23 Å². The van der Waals surface area contributed by atoms with Crippen LogP contribution in [0.5, 0.6) is 5.75 Å². The average Bonchev–Trinajstić information content (AvgIpc) is 3.88. The summed E-state index contributed by atoms with van der Waals surface area (Å²) in [6.07, 6.45) is 6.10. The molecule has 4 aliphatic rings. The van der Waals surface area contributed by atoms with Gasteiger partial charge in [-0.25, -0.2) is 15.0 Å². The predicted molar refractivity (Wildman–Crippen MR) is 194 cm³/mol. The van der Waals surface area contributed by atoms with Gasteiger partial charge in [-0.15, -0.1) is 0 Å². The van der Waals surface area contributed by atoms with Crippen LogP contribution in [0.25, 0.3) is 45.1 Å². The van der Waals surface area contributed by atoms with Crippen molar-refractivity contribution in [2.45, 2.75) is 81.9 Å². The molecule has 0 radical (unpaired) electrons. The molecule has 0 fully saturated rings. The number of rotatable bonds is 0. The minimum Gasteiger partial charge on any atom is -0.464 e. The summed E-state index contributed by atoms with van der Waals surface area (Å²) in [6.45, 7) is 20.0. The van der Waals surface area contributed by atoms with E-state index in [0.29, 0.717) is 46.3 Å². The molecule has 8 nitrogen and oxygen atoms in total. The molecule has 3 aliphatic heterocycles. The maximum absolute atomic E-state index is 6.46. The van der Waals surface area contributed by atoms with Gasteiger partial charge >= 0.3 is 0 Å². The van der Waals surface area contributed by atoms with Crippen molar-refractivity contribution >= 4 is 33.8 Å². The van der Waals surface area contributed by atoms with Crippen molar-refractivity contribution in [3.8, 4) is 28.7 Å². The lowest BCUT2D eigenvalue weighted by Crippen LogP contribution is -2.25. The third kappa shape index (κ3) is 6.32. The van der Waals surface area contributed by atoms with Gasteiger partial charge in [-0.2, -0.15) is 0 Å². The second kappa shape index (κ2) is 15.9. The van der Waals surface area contributed by atoms with Gasteiger partial charge < -0.3 is 23.6 Å². The van der Waals surface area contributed by atoms with Crippen molar-refractivity contribution in [2.75, 3.05) is 5.32 Å². The van der Waals surface area contributed by atoms with E-state index in [1.54, 1.807) is 0 Å². The van der Waals surface area contributed by atoms with E-state index in [2.05, 4.69) is 5.32 Å². The highest BCUT2D eigenvalue weighted by Crippen LogP contribution is 2.44. The Hall–Kier alpha value is -5.11. The summed E-state index contributed by atoms with van der Waals surface area (Å²) < 4.78 is 25.4. The minimum absolute atomic E-state index is 0.442. The zero-order valence-corrected chi connectivity index (χ0v) is 29.2. The zero-order valence-electron chi connectivity index (χ0n) is 29.2. The van der Waals surface area contributed by atoms with Gasteiger partial charge in [-0.05, 0) is 48.6 Å². The lowest BCUT2D eigenvalue weighted by Gasteiger charge is -2.22. The Balaban J connectivity index is 0.000000461. The first-order valence-electron chi connectivity index (χ1n) is 17.0. The van der Waals surface area contributed by atoms with E-state index in [1.165, 1.54) is 0 Å². The molecule has 246 valence electrons. The molecule has 0 amide bonds. The lowest BCUT2D eigenvalue weighted by atomic mass is 10.1. The van der Waals surface area contributed by atoms with E-state index in [4.69, 9.17) is 33.3 Å². The van der Waals surface area contributed by atoms with E-state index in [9.17, 15) is 0 Å². The maximum Gasteiger partial charge on any atom is 0.231 e. The van der Waals surface area contributed by atoms with Gasteiger partial charge in [0.05, 0.1) is 33.6 Å². The highest BCUT2D eigenvalue weighted by atomic mass is 16.5. The summed E-state index contributed by atoms with van der Waals surface area (Å²) in [6, 6.07) is 17.4. The van der Waals surface area contributed by atoms with Crippen LogP contribution < -0.4 is 10.1 Å². The number of hydrogen-bond donors (Lipinski definition) is 1. The molecule has 5 heterocycles. The molecule has 0 spiro atoms. The summed E-state index contributed by atoms with van der Waals surface area (Å²) >= 11 is 0. The Bertz CT molecular complexity index is 1960. The molecule has 9 bridgehead atoms. The molecule has 5 aromatic rings. The quantitative estimate of drug-likeness (QED) is 0.181. The average molecular weight is 635 g/mol. The summed E-state index contributed by atoms with van der Waals surface area (Å²) in [4.78, 5) is 14.5. The molecule has 0 saturated heterocycles. The number of ether oxygens (including phenoxy) is 2. The second-order valence-electron chi connectivity index (χ2n) is 9.26. The third-order valence-corrected chi connectivity index (χ3v) is 7.05. The Morgan fingerprint density at radius 2 is 1.40 bits per heavy atom. The van der Waals surface area contributed by atoms with Crippen LogP contribution in [-0.4, -0.2) is 22.1 Å². The van der Waals surface area contributed by atoms with Crippen LogP contribution in [0.4, 0.5) is 5.69 Å². The molecule has 8 heteroatoms. The van der Waals surface area contributed by atoms with Crippen molar-refractivity contribution < 1.29 is 18.3 Å². The predicted octanol–water partition coefficient (Wildman–Crippen LogP) is 11.5. The number of allylic oxidation sites excluding steroid dienone is 2. The number of para-hydroxylation sites is 3. The summed E-state index contributed by atoms with van der Waals surface area (Å²) in [7, 11) is 0. The molecule has 1 atom stereocenters. The summed E-state index contributed by atoms with van der Waals surface area (Å²) in [5.41, 5.74) is 7.50.